The van der Waals surface area contributed by atoms with Gasteiger partial charge in [0, 0.05) is 18.5 Å². The predicted octanol–water partition coefficient (Wildman–Crippen LogP) is 1.36. The maximum absolute atomic E-state index is 11.4. The summed E-state index contributed by atoms with van der Waals surface area (Å²) in [5.74, 6) is 0.515. The number of methoxy groups -OCH3 is 1. The van der Waals surface area contributed by atoms with Gasteiger partial charge in [-0.15, -0.1) is 0 Å². The Hall–Kier alpha value is -2.10. The highest BCUT2D eigenvalue weighted by Crippen LogP contribution is 2.23. The van der Waals surface area contributed by atoms with E-state index in [1.54, 1.807) is 25.2 Å². The topological polar surface area (TPSA) is 48.3 Å². The molecule has 1 heterocycles. The second-order valence-electron chi connectivity index (χ2n) is 3.50. The van der Waals surface area contributed by atoms with Gasteiger partial charge in [-0.25, -0.2) is 0 Å². The molecule has 0 spiro atoms. The summed E-state index contributed by atoms with van der Waals surface area (Å²) < 4.78 is 6.60. The van der Waals surface area contributed by atoms with Crippen LogP contribution in [0.15, 0.2) is 29.1 Å². The number of hydrogen-bond donors (Lipinski definition) is 0. The van der Waals surface area contributed by atoms with Crippen molar-refractivity contribution >= 4 is 17.2 Å². The number of aryl methyl sites for hydroxylation is 1. The van der Waals surface area contributed by atoms with E-state index >= 15 is 0 Å². The molecule has 1 aromatic heterocycles. The van der Waals surface area contributed by atoms with Gasteiger partial charge in [0.05, 0.1) is 18.2 Å². The molecule has 0 N–H and O–H groups in total. The maximum Gasteiger partial charge on any atom is 0.250 e. The van der Waals surface area contributed by atoms with Crippen molar-refractivity contribution in [2.24, 2.45) is 7.05 Å². The molecule has 0 radical (unpaired) electrons. The highest BCUT2D eigenvalue weighted by Gasteiger charge is 2.06. The van der Waals surface area contributed by atoms with E-state index in [-0.39, 0.29) is 5.56 Å². The number of carbonyl (C=O) groups excluding carboxylic acids is 1. The van der Waals surface area contributed by atoms with Gasteiger partial charge in [-0.3, -0.25) is 9.59 Å². The number of pyridine rings is 1. The third-order valence-electron chi connectivity index (χ3n) is 2.60. The molecule has 1 aromatic carbocycles. The van der Waals surface area contributed by atoms with Crippen molar-refractivity contribution in [3.8, 4) is 5.75 Å². The normalized spacial score (nSPS) is 10.4. The van der Waals surface area contributed by atoms with Crippen LogP contribution in [-0.2, 0) is 7.05 Å². The van der Waals surface area contributed by atoms with E-state index in [4.69, 9.17) is 4.74 Å². The predicted molar refractivity (Wildman–Crippen MR) is 61.1 cm³/mol. The van der Waals surface area contributed by atoms with Crippen LogP contribution in [0.2, 0.25) is 0 Å². The van der Waals surface area contributed by atoms with Crippen LogP contribution in [0.25, 0.3) is 10.9 Å². The van der Waals surface area contributed by atoms with Crippen LogP contribution in [0, 0.1) is 0 Å². The third-order valence-corrected chi connectivity index (χ3v) is 2.60. The lowest BCUT2D eigenvalue weighted by atomic mass is 10.1. The molecule has 0 amide bonds. The molecule has 0 aliphatic carbocycles. The van der Waals surface area contributed by atoms with Gasteiger partial charge >= 0.3 is 0 Å². The Kier molecular flexibility index (Phi) is 2.48. The average molecular weight is 217 g/mol. The molecule has 4 nitrogen and oxygen atoms in total. The zero-order valence-corrected chi connectivity index (χ0v) is 9.06. The molecule has 16 heavy (non-hydrogen) atoms. The Balaban J connectivity index is 2.89. The molecular weight excluding hydrogens is 206 g/mol. The summed E-state index contributed by atoms with van der Waals surface area (Å²) in [6.45, 7) is 0. The van der Waals surface area contributed by atoms with E-state index in [0.717, 1.165) is 17.2 Å². The van der Waals surface area contributed by atoms with Crippen LogP contribution in [-0.4, -0.2) is 18.0 Å². The summed E-state index contributed by atoms with van der Waals surface area (Å²) in [5, 5.41) is 0.865. The second kappa shape index (κ2) is 3.81. The van der Waals surface area contributed by atoms with Gasteiger partial charge in [0.2, 0.25) is 0 Å². The van der Waals surface area contributed by atoms with E-state index in [9.17, 15) is 9.59 Å². The molecule has 0 fully saturated rings. The first-order chi connectivity index (χ1) is 7.67. The Morgan fingerprint density at radius 1 is 1.31 bits per heavy atom. The summed E-state index contributed by atoms with van der Waals surface area (Å²) in [6, 6.07) is 6.61. The first-order valence-corrected chi connectivity index (χ1v) is 4.80. The highest BCUT2D eigenvalue weighted by atomic mass is 16.5. The van der Waals surface area contributed by atoms with Gasteiger partial charge in [0.25, 0.3) is 5.56 Å². The van der Waals surface area contributed by atoms with E-state index in [0.29, 0.717) is 11.3 Å². The van der Waals surface area contributed by atoms with Gasteiger partial charge < -0.3 is 9.30 Å². The molecule has 2 aromatic rings. The molecule has 0 saturated heterocycles. The SMILES string of the molecule is COc1cc2ccc(=O)n(C)c2cc1C=O. The number of benzene rings is 1. The van der Waals surface area contributed by atoms with E-state index < -0.39 is 0 Å². The number of fused-ring (bicyclic) bond motifs is 1. The second-order valence-corrected chi connectivity index (χ2v) is 3.50. The summed E-state index contributed by atoms with van der Waals surface area (Å²) in [4.78, 5) is 22.3. The average Bonchev–Trinajstić information content (AvgIpc) is 2.32. The number of aromatic nitrogens is 1. The summed E-state index contributed by atoms with van der Waals surface area (Å²) in [7, 11) is 3.18. The molecule has 82 valence electrons. The summed E-state index contributed by atoms with van der Waals surface area (Å²) in [6.07, 6.45) is 0.718. The van der Waals surface area contributed by atoms with Crippen LogP contribution >= 0.6 is 0 Å². The van der Waals surface area contributed by atoms with Gasteiger partial charge in [-0.2, -0.15) is 0 Å². The minimum atomic E-state index is -0.102. The van der Waals surface area contributed by atoms with Crippen LogP contribution in [0.4, 0.5) is 0 Å². The Morgan fingerprint density at radius 2 is 2.06 bits per heavy atom. The van der Waals surface area contributed by atoms with E-state index in [1.165, 1.54) is 17.7 Å². The zero-order chi connectivity index (χ0) is 11.7. The standard InChI is InChI=1S/C12H11NO3/c1-13-10-5-9(7-14)11(16-2)6-8(10)3-4-12(13)15/h3-7H,1-2H3. The van der Waals surface area contributed by atoms with Crippen LogP contribution in [0.5, 0.6) is 5.75 Å². The lowest BCUT2D eigenvalue weighted by Crippen LogP contribution is -2.15. The molecule has 2 rings (SSSR count). The van der Waals surface area contributed by atoms with Gasteiger partial charge in [-0.05, 0) is 18.2 Å². The van der Waals surface area contributed by atoms with Crippen molar-refractivity contribution < 1.29 is 9.53 Å². The Morgan fingerprint density at radius 3 is 2.69 bits per heavy atom. The zero-order valence-electron chi connectivity index (χ0n) is 9.06. The van der Waals surface area contributed by atoms with Crippen molar-refractivity contribution in [3.63, 3.8) is 0 Å². The third kappa shape index (κ3) is 1.48. The van der Waals surface area contributed by atoms with Gasteiger partial charge in [-0.1, -0.05) is 0 Å². The molecule has 0 aliphatic heterocycles. The lowest BCUT2D eigenvalue weighted by Gasteiger charge is -2.08. The number of ether oxygens (including phenoxy) is 1. The summed E-state index contributed by atoms with van der Waals surface area (Å²) >= 11 is 0. The summed E-state index contributed by atoms with van der Waals surface area (Å²) in [5.41, 5.74) is 1.06. The maximum atomic E-state index is 11.4. The molecule has 0 saturated carbocycles. The van der Waals surface area contributed by atoms with Crippen molar-refractivity contribution in [2.45, 2.75) is 0 Å². The molecule has 0 unspecified atom stereocenters. The number of aldehydes is 1. The number of rotatable bonds is 2. The minimum absolute atomic E-state index is 0.102. The Bertz CT molecular complexity index is 613. The molecule has 0 atom stereocenters. The van der Waals surface area contributed by atoms with Gasteiger partial charge in [0.15, 0.2) is 6.29 Å². The number of carbonyl (C=O) groups is 1. The van der Waals surface area contributed by atoms with Crippen LogP contribution in [0.3, 0.4) is 0 Å². The van der Waals surface area contributed by atoms with Crippen molar-refractivity contribution in [1.29, 1.82) is 0 Å². The monoisotopic (exact) mass is 217 g/mol. The van der Waals surface area contributed by atoms with Crippen LogP contribution in [0.1, 0.15) is 10.4 Å². The van der Waals surface area contributed by atoms with E-state index in [2.05, 4.69) is 0 Å². The number of hydrogen-bond acceptors (Lipinski definition) is 3. The van der Waals surface area contributed by atoms with Crippen LogP contribution < -0.4 is 10.3 Å². The molecule has 0 bridgehead atoms. The first kappa shape index (κ1) is 10.4. The molecular formula is C12H11NO3. The fourth-order valence-electron chi connectivity index (χ4n) is 1.68. The van der Waals surface area contributed by atoms with Crippen molar-refractivity contribution in [2.75, 3.05) is 7.11 Å². The van der Waals surface area contributed by atoms with Crippen molar-refractivity contribution in [3.05, 3.63) is 40.2 Å². The van der Waals surface area contributed by atoms with Crippen molar-refractivity contribution in [1.82, 2.24) is 4.57 Å². The van der Waals surface area contributed by atoms with Gasteiger partial charge in [0.1, 0.15) is 5.75 Å². The lowest BCUT2D eigenvalue weighted by molar-refractivity contribution is 0.112. The first-order valence-electron chi connectivity index (χ1n) is 4.80. The van der Waals surface area contributed by atoms with E-state index in [1.807, 2.05) is 0 Å². The highest BCUT2D eigenvalue weighted by molar-refractivity contribution is 5.90. The fraction of sp³-hybridized carbons (Fsp3) is 0.167. The minimum Gasteiger partial charge on any atom is -0.496 e. The molecule has 4 heteroatoms. The largest absolute Gasteiger partial charge is 0.496 e. The quantitative estimate of drug-likeness (QED) is 0.713. The smallest absolute Gasteiger partial charge is 0.250 e. The number of nitrogens with zero attached hydrogens (tertiary/aromatic N) is 1. The Labute approximate surface area is 92.1 Å². The molecule has 0 aliphatic rings. The fourth-order valence-corrected chi connectivity index (χ4v) is 1.68.